The summed E-state index contributed by atoms with van der Waals surface area (Å²) in [6.45, 7) is 0.718. The second-order valence-corrected chi connectivity index (χ2v) is 3.99. The zero-order valence-electron chi connectivity index (χ0n) is 9.61. The molecule has 3 aromatic heterocycles. The summed E-state index contributed by atoms with van der Waals surface area (Å²) in [5.74, 6) is 0.514. The minimum absolute atomic E-state index is 0.514. The van der Waals surface area contributed by atoms with Crippen LogP contribution >= 0.6 is 0 Å². The number of anilines is 1. The Morgan fingerprint density at radius 3 is 2.89 bits per heavy atom. The van der Waals surface area contributed by atoms with Crippen molar-refractivity contribution in [3.63, 3.8) is 0 Å². The fourth-order valence-electron chi connectivity index (χ4n) is 1.80. The summed E-state index contributed by atoms with van der Waals surface area (Å²) in [5, 5.41) is 6.73. The van der Waals surface area contributed by atoms with Crippen LogP contribution in [0.15, 0.2) is 43.2 Å². The van der Waals surface area contributed by atoms with Gasteiger partial charge in [0, 0.05) is 23.5 Å². The maximum Gasteiger partial charge on any atom is 0.123 e. The largest absolute Gasteiger partial charge is 0.384 e. The molecule has 0 radical (unpaired) electrons. The number of aromatic amines is 1. The van der Waals surface area contributed by atoms with E-state index in [2.05, 4.69) is 20.2 Å². The molecular formula is C12H12N6. The number of hydrogen-bond acceptors (Lipinski definition) is 4. The molecule has 3 heterocycles. The molecule has 3 rings (SSSR count). The maximum atomic E-state index is 5.58. The van der Waals surface area contributed by atoms with Crippen molar-refractivity contribution in [3.05, 3.63) is 48.8 Å². The molecule has 0 unspecified atom stereocenters. The number of nitrogens with one attached hydrogen (secondary N) is 1. The van der Waals surface area contributed by atoms with Crippen LogP contribution in [0.1, 0.15) is 5.56 Å². The fourth-order valence-corrected chi connectivity index (χ4v) is 1.80. The van der Waals surface area contributed by atoms with Crippen molar-refractivity contribution in [2.45, 2.75) is 6.54 Å². The van der Waals surface area contributed by atoms with Gasteiger partial charge in [-0.05, 0) is 12.1 Å². The SMILES string of the molecule is Nc1ccc(-c2cncn2Cc2cn[nH]c2)cn1. The number of imidazole rings is 1. The second-order valence-electron chi connectivity index (χ2n) is 3.99. The van der Waals surface area contributed by atoms with E-state index in [-0.39, 0.29) is 0 Å². The number of nitrogen functional groups attached to an aromatic ring is 1. The van der Waals surface area contributed by atoms with Crippen molar-refractivity contribution < 1.29 is 0 Å². The van der Waals surface area contributed by atoms with Crippen LogP contribution in [-0.4, -0.2) is 24.7 Å². The van der Waals surface area contributed by atoms with Crippen molar-refractivity contribution >= 4 is 5.82 Å². The molecule has 3 aromatic rings. The Hall–Kier alpha value is -2.63. The normalized spacial score (nSPS) is 10.7. The molecule has 90 valence electrons. The average molecular weight is 240 g/mol. The Bertz CT molecular complexity index is 623. The zero-order valence-corrected chi connectivity index (χ0v) is 9.61. The van der Waals surface area contributed by atoms with Crippen LogP contribution in [0.5, 0.6) is 0 Å². The molecule has 0 aliphatic rings. The molecule has 0 saturated carbocycles. The van der Waals surface area contributed by atoms with Gasteiger partial charge in [-0.2, -0.15) is 5.10 Å². The summed E-state index contributed by atoms with van der Waals surface area (Å²) in [6.07, 6.45) is 9.01. The summed E-state index contributed by atoms with van der Waals surface area (Å²) in [6, 6.07) is 3.72. The van der Waals surface area contributed by atoms with Gasteiger partial charge in [0.25, 0.3) is 0 Å². The van der Waals surface area contributed by atoms with E-state index in [0.717, 1.165) is 23.4 Å². The molecule has 3 N–H and O–H groups in total. The highest BCUT2D eigenvalue weighted by Gasteiger charge is 2.06. The van der Waals surface area contributed by atoms with Crippen LogP contribution in [0.4, 0.5) is 5.82 Å². The third kappa shape index (κ3) is 1.95. The first-order valence-corrected chi connectivity index (χ1v) is 5.52. The van der Waals surface area contributed by atoms with Crippen molar-refractivity contribution in [2.24, 2.45) is 0 Å². The smallest absolute Gasteiger partial charge is 0.123 e. The first kappa shape index (κ1) is 10.5. The predicted molar refractivity (Wildman–Crippen MR) is 67.6 cm³/mol. The molecule has 0 aromatic carbocycles. The quantitative estimate of drug-likeness (QED) is 0.722. The van der Waals surface area contributed by atoms with Crippen LogP contribution in [0.25, 0.3) is 11.3 Å². The molecule has 0 aliphatic carbocycles. The van der Waals surface area contributed by atoms with Gasteiger partial charge in [-0.15, -0.1) is 0 Å². The minimum Gasteiger partial charge on any atom is -0.384 e. The molecule has 6 heteroatoms. The first-order chi connectivity index (χ1) is 8.83. The molecule has 0 aliphatic heterocycles. The lowest BCUT2D eigenvalue weighted by Crippen LogP contribution is -2.00. The average Bonchev–Trinajstić information content (AvgIpc) is 3.02. The molecule has 0 bridgehead atoms. The van der Waals surface area contributed by atoms with E-state index in [0.29, 0.717) is 5.82 Å². The number of H-pyrrole nitrogens is 1. The Kier molecular flexibility index (Phi) is 2.53. The molecule has 0 saturated heterocycles. The molecule has 0 atom stereocenters. The monoisotopic (exact) mass is 240 g/mol. The van der Waals surface area contributed by atoms with Crippen molar-refractivity contribution in [1.82, 2.24) is 24.7 Å². The van der Waals surface area contributed by atoms with Crippen molar-refractivity contribution in [3.8, 4) is 11.3 Å². The third-order valence-electron chi connectivity index (χ3n) is 2.70. The van der Waals surface area contributed by atoms with E-state index >= 15 is 0 Å². The summed E-state index contributed by atoms with van der Waals surface area (Å²) in [5.41, 5.74) is 8.67. The number of hydrogen-bond donors (Lipinski definition) is 2. The number of rotatable bonds is 3. The summed E-state index contributed by atoms with van der Waals surface area (Å²) >= 11 is 0. The van der Waals surface area contributed by atoms with E-state index < -0.39 is 0 Å². The van der Waals surface area contributed by atoms with Gasteiger partial charge >= 0.3 is 0 Å². The molecular weight excluding hydrogens is 228 g/mol. The topological polar surface area (TPSA) is 85.4 Å². The van der Waals surface area contributed by atoms with E-state index in [1.54, 1.807) is 24.8 Å². The highest BCUT2D eigenvalue weighted by molar-refractivity contribution is 5.59. The Labute approximate surface area is 104 Å². The molecule has 6 nitrogen and oxygen atoms in total. The number of aromatic nitrogens is 5. The van der Waals surface area contributed by atoms with Gasteiger partial charge < -0.3 is 10.3 Å². The fraction of sp³-hybridized carbons (Fsp3) is 0.0833. The number of pyridine rings is 1. The first-order valence-electron chi connectivity index (χ1n) is 5.52. The molecule has 0 fully saturated rings. The second kappa shape index (κ2) is 4.33. The van der Waals surface area contributed by atoms with Crippen molar-refractivity contribution in [1.29, 1.82) is 0 Å². The van der Waals surface area contributed by atoms with Gasteiger partial charge in [-0.3, -0.25) is 5.10 Å². The Morgan fingerprint density at radius 2 is 2.17 bits per heavy atom. The van der Waals surface area contributed by atoms with Gasteiger partial charge in [0.05, 0.1) is 31.0 Å². The molecule has 0 spiro atoms. The van der Waals surface area contributed by atoms with Crippen LogP contribution in [0.3, 0.4) is 0 Å². The highest BCUT2D eigenvalue weighted by atomic mass is 15.1. The maximum absolute atomic E-state index is 5.58. The van der Waals surface area contributed by atoms with Gasteiger partial charge in [0.2, 0.25) is 0 Å². The Balaban J connectivity index is 1.94. The number of nitrogens with zero attached hydrogens (tertiary/aromatic N) is 4. The summed E-state index contributed by atoms with van der Waals surface area (Å²) < 4.78 is 2.04. The van der Waals surface area contributed by atoms with Crippen LogP contribution in [0, 0.1) is 0 Å². The predicted octanol–water partition coefficient (Wildman–Crippen LogP) is 1.30. The van der Waals surface area contributed by atoms with E-state index in [1.807, 2.05) is 23.0 Å². The van der Waals surface area contributed by atoms with E-state index in [1.165, 1.54) is 0 Å². The minimum atomic E-state index is 0.514. The van der Waals surface area contributed by atoms with Crippen molar-refractivity contribution in [2.75, 3.05) is 5.73 Å². The van der Waals surface area contributed by atoms with Gasteiger partial charge in [0.1, 0.15) is 5.82 Å². The van der Waals surface area contributed by atoms with Gasteiger partial charge in [-0.25, -0.2) is 9.97 Å². The van der Waals surface area contributed by atoms with Crippen LogP contribution in [0.2, 0.25) is 0 Å². The molecule has 18 heavy (non-hydrogen) atoms. The lowest BCUT2D eigenvalue weighted by molar-refractivity contribution is 0.805. The molecule has 0 amide bonds. The van der Waals surface area contributed by atoms with Gasteiger partial charge in [0.15, 0.2) is 0 Å². The Morgan fingerprint density at radius 1 is 1.22 bits per heavy atom. The third-order valence-corrected chi connectivity index (χ3v) is 2.70. The van der Waals surface area contributed by atoms with Crippen LogP contribution in [-0.2, 0) is 6.54 Å². The highest BCUT2D eigenvalue weighted by Crippen LogP contribution is 2.19. The lowest BCUT2D eigenvalue weighted by Gasteiger charge is -2.06. The lowest BCUT2D eigenvalue weighted by atomic mass is 10.2. The van der Waals surface area contributed by atoms with Crippen LogP contribution < -0.4 is 5.73 Å². The van der Waals surface area contributed by atoms with E-state index in [4.69, 9.17) is 5.73 Å². The van der Waals surface area contributed by atoms with Gasteiger partial charge in [-0.1, -0.05) is 0 Å². The number of nitrogens with two attached hydrogens (primary N) is 1. The standard InChI is InChI=1S/C12H12N6/c13-12-2-1-10(5-15-12)11-6-14-8-18(11)7-9-3-16-17-4-9/h1-6,8H,7H2,(H2,13,15)(H,16,17). The summed E-state index contributed by atoms with van der Waals surface area (Å²) in [4.78, 5) is 8.27. The summed E-state index contributed by atoms with van der Waals surface area (Å²) in [7, 11) is 0. The zero-order chi connectivity index (χ0) is 12.4. The van der Waals surface area contributed by atoms with E-state index in [9.17, 15) is 0 Å².